The largest absolute Gasteiger partial charge is 0.314 e. The van der Waals surface area contributed by atoms with E-state index in [2.05, 4.69) is 20.7 Å². The third-order valence-corrected chi connectivity index (χ3v) is 4.23. The second kappa shape index (κ2) is 10.7. The van der Waals surface area contributed by atoms with Gasteiger partial charge in [0.05, 0.1) is 5.56 Å². The van der Waals surface area contributed by atoms with Gasteiger partial charge in [-0.1, -0.05) is 19.3 Å². The number of nitrogens with one attached hydrogen (secondary N) is 3. The van der Waals surface area contributed by atoms with Crippen LogP contribution in [0.4, 0.5) is 0 Å². The van der Waals surface area contributed by atoms with Gasteiger partial charge < -0.3 is 5.32 Å². The van der Waals surface area contributed by atoms with E-state index in [9.17, 15) is 9.59 Å². The Labute approximate surface area is 147 Å². The molecule has 2 heterocycles. The van der Waals surface area contributed by atoms with Gasteiger partial charge in [0.1, 0.15) is 6.33 Å². The number of unbranched alkanes of at least 4 members (excludes halogenated alkanes) is 3. The normalized spacial score (nSPS) is 17.9. The van der Waals surface area contributed by atoms with Gasteiger partial charge >= 0.3 is 0 Å². The summed E-state index contributed by atoms with van der Waals surface area (Å²) in [6.07, 6.45) is 9.47. The summed E-state index contributed by atoms with van der Waals surface area (Å²) in [6, 6.07) is 0.239. The van der Waals surface area contributed by atoms with Gasteiger partial charge in [-0.05, 0) is 12.8 Å². The number of nitrogens with zero attached hydrogens (tertiary/aromatic N) is 3. The summed E-state index contributed by atoms with van der Waals surface area (Å²) >= 11 is 0. The van der Waals surface area contributed by atoms with E-state index in [0.29, 0.717) is 12.0 Å². The molecule has 1 aliphatic heterocycles. The van der Waals surface area contributed by atoms with Gasteiger partial charge in [0, 0.05) is 44.5 Å². The van der Waals surface area contributed by atoms with E-state index in [1.54, 1.807) is 5.48 Å². The summed E-state index contributed by atoms with van der Waals surface area (Å²) in [7, 11) is 0. The van der Waals surface area contributed by atoms with Gasteiger partial charge in [0.2, 0.25) is 5.91 Å². The van der Waals surface area contributed by atoms with Crippen molar-refractivity contribution in [1.82, 2.24) is 31.2 Å². The van der Waals surface area contributed by atoms with Crippen LogP contribution in [-0.2, 0) is 4.79 Å². The third-order valence-electron chi connectivity index (χ3n) is 4.23. The topological polar surface area (TPSA) is 119 Å². The van der Waals surface area contributed by atoms with Crippen molar-refractivity contribution in [2.45, 2.75) is 44.6 Å². The second-order valence-electron chi connectivity index (χ2n) is 6.11. The number of hydrogen-bond donors (Lipinski definition) is 4. The van der Waals surface area contributed by atoms with Gasteiger partial charge in [0.15, 0.2) is 0 Å². The number of hydrazine groups is 1. The molecular weight excluding hydrogens is 324 g/mol. The Balaban J connectivity index is 1.71. The number of rotatable bonds is 9. The third kappa shape index (κ3) is 6.73. The number of hydrogen-bond acceptors (Lipinski definition) is 7. The quantitative estimate of drug-likeness (QED) is 0.286. The zero-order valence-electron chi connectivity index (χ0n) is 14.3. The molecule has 2 amide bonds. The Bertz CT molecular complexity index is 542. The first-order chi connectivity index (χ1) is 12.2. The van der Waals surface area contributed by atoms with Gasteiger partial charge in [-0.2, -0.15) is 0 Å². The average Bonchev–Trinajstić information content (AvgIpc) is 2.66. The first-order valence-electron chi connectivity index (χ1n) is 8.67. The van der Waals surface area contributed by atoms with Crippen LogP contribution in [0.25, 0.3) is 0 Å². The molecule has 0 spiro atoms. The Morgan fingerprint density at radius 3 is 2.76 bits per heavy atom. The minimum atomic E-state index is -0.338. The van der Waals surface area contributed by atoms with Gasteiger partial charge in [-0.25, -0.2) is 20.5 Å². The fourth-order valence-corrected chi connectivity index (χ4v) is 2.85. The maximum atomic E-state index is 12.3. The Morgan fingerprint density at radius 2 is 2.00 bits per heavy atom. The predicted octanol–water partition coefficient (Wildman–Crippen LogP) is 0.241. The number of piperazine rings is 1. The first-order valence-corrected chi connectivity index (χ1v) is 8.67. The number of hydroxylamine groups is 1. The lowest BCUT2D eigenvalue weighted by Crippen LogP contribution is -2.58. The molecule has 1 unspecified atom stereocenters. The van der Waals surface area contributed by atoms with Crippen LogP contribution in [-0.4, -0.2) is 57.7 Å². The van der Waals surface area contributed by atoms with Crippen LogP contribution >= 0.6 is 0 Å². The molecule has 0 radical (unpaired) electrons. The monoisotopic (exact) mass is 350 g/mol. The predicted molar refractivity (Wildman–Crippen MR) is 90.5 cm³/mol. The van der Waals surface area contributed by atoms with E-state index in [4.69, 9.17) is 5.21 Å². The highest BCUT2D eigenvalue weighted by Crippen LogP contribution is 2.12. The van der Waals surface area contributed by atoms with E-state index in [-0.39, 0.29) is 17.9 Å². The van der Waals surface area contributed by atoms with Crippen LogP contribution in [0.1, 0.15) is 48.9 Å². The highest BCUT2D eigenvalue weighted by Gasteiger charge is 2.23. The molecular formula is C16H26N6O3. The van der Waals surface area contributed by atoms with Crippen LogP contribution in [0.3, 0.4) is 0 Å². The summed E-state index contributed by atoms with van der Waals surface area (Å²) in [5.74, 6) is -0.530. The summed E-state index contributed by atoms with van der Waals surface area (Å²) in [4.78, 5) is 30.9. The summed E-state index contributed by atoms with van der Waals surface area (Å²) < 4.78 is 0. The minimum Gasteiger partial charge on any atom is -0.314 e. The van der Waals surface area contributed by atoms with Gasteiger partial charge in [0.25, 0.3) is 5.91 Å². The molecule has 1 fully saturated rings. The molecule has 0 bridgehead atoms. The lowest BCUT2D eigenvalue weighted by Gasteiger charge is -2.36. The van der Waals surface area contributed by atoms with Crippen LogP contribution in [0.15, 0.2) is 18.7 Å². The van der Waals surface area contributed by atoms with Crippen LogP contribution in [0.2, 0.25) is 0 Å². The van der Waals surface area contributed by atoms with Crippen LogP contribution in [0, 0.1) is 0 Å². The highest BCUT2D eigenvalue weighted by atomic mass is 16.5. The van der Waals surface area contributed by atoms with E-state index in [1.807, 2.05) is 5.01 Å². The fraction of sp³-hybridized carbons (Fsp3) is 0.625. The van der Waals surface area contributed by atoms with E-state index in [1.165, 1.54) is 18.7 Å². The molecule has 9 nitrogen and oxygen atoms in total. The zero-order valence-corrected chi connectivity index (χ0v) is 14.3. The minimum absolute atomic E-state index is 0.192. The summed E-state index contributed by atoms with van der Waals surface area (Å²) in [5, 5.41) is 13.8. The van der Waals surface area contributed by atoms with Crippen LogP contribution in [0.5, 0.6) is 0 Å². The highest BCUT2D eigenvalue weighted by molar-refractivity contribution is 5.93. The molecule has 1 aromatic heterocycles. The fourth-order valence-electron chi connectivity index (χ4n) is 2.85. The SMILES string of the molecule is O=C(CCCCCCC1CNCCN1NC(=O)c1cncnc1)NO. The Morgan fingerprint density at radius 1 is 1.24 bits per heavy atom. The molecule has 25 heavy (non-hydrogen) atoms. The molecule has 0 aromatic carbocycles. The smallest absolute Gasteiger partial charge is 0.268 e. The number of carbonyl (C=O) groups excluding carboxylic acids is 2. The van der Waals surface area contributed by atoms with Gasteiger partial charge in [-0.3, -0.25) is 20.2 Å². The van der Waals surface area contributed by atoms with Crippen molar-refractivity contribution in [2.75, 3.05) is 19.6 Å². The summed E-state index contributed by atoms with van der Waals surface area (Å²) in [6.45, 7) is 2.41. The molecule has 1 aromatic rings. The number of aromatic nitrogens is 2. The standard InChI is InChI=1S/C16H26N6O3/c23-15(21-25)6-4-2-1-3-5-14-11-17-7-8-22(14)20-16(24)13-9-18-12-19-10-13/h9-10,12,14,17,25H,1-8,11H2,(H,20,24)(H,21,23). The zero-order chi connectivity index (χ0) is 17.9. The Hall–Kier alpha value is -2.10. The first kappa shape index (κ1) is 19.2. The van der Waals surface area contributed by atoms with Gasteiger partial charge in [-0.15, -0.1) is 0 Å². The van der Waals surface area contributed by atoms with E-state index in [0.717, 1.165) is 51.7 Å². The molecule has 1 saturated heterocycles. The van der Waals surface area contributed by atoms with E-state index >= 15 is 0 Å². The van der Waals surface area contributed by atoms with Crippen molar-refractivity contribution in [3.05, 3.63) is 24.3 Å². The molecule has 2 rings (SSSR count). The number of amides is 2. The maximum absolute atomic E-state index is 12.3. The second-order valence-corrected chi connectivity index (χ2v) is 6.11. The van der Waals surface area contributed by atoms with Crippen molar-refractivity contribution in [3.8, 4) is 0 Å². The van der Waals surface area contributed by atoms with E-state index < -0.39 is 0 Å². The van der Waals surface area contributed by atoms with Crippen molar-refractivity contribution in [2.24, 2.45) is 0 Å². The molecule has 1 atom stereocenters. The van der Waals surface area contributed by atoms with Crippen LogP contribution < -0.4 is 16.2 Å². The number of carbonyl (C=O) groups is 2. The molecule has 1 aliphatic rings. The lowest BCUT2D eigenvalue weighted by atomic mass is 10.0. The van der Waals surface area contributed by atoms with Crippen molar-refractivity contribution in [3.63, 3.8) is 0 Å². The summed E-state index contributed by atoms with van der Waals surface area (Å²) in [5.41, 5.74) is 5.04. The molecule has 138 valence electrons. The average molecular weight is 350 g/mol. The Kier molecular flexibility index (Phi) is 8.23. The van der Waals surface area contributed by atoms with Crippen molar-refractivity contribution >= 4 is 11.8 Å². The molecule has 9 heteroatoms. The molecule has 4 N–H and O–H groups in total. The maximum Gasteiger partial charge on any atom is 0.268 e. The van der Waals surface area contributed by atoms with Crippen molar-refractivity contribution < 1.29 is 14.8 Å². The van der Waals surface area contributed by atoms with Crippen molar-refractivity contribution in [1.29, 1.82) is 0 Å². The molecule has 0 aliphatic carbocycles. The lowest BCUT2D eigenvalue weighted by molar-refractivity contribution is -0.129. The molecule has 0 saturated carbocycles.